The van der Waals surface area contributed by atoms with Crippen LogP contribution in [0.2, 0.25) is 5.02 Å². The minimum absolute atomic E-state index is 0.0441. The summed E-state index contributed by atoms with van der Waals surface area (Å²) >= 11 is 6.01. The molecule has 0 spiro atoms. The van der Waals surface area contributed by atoms with Gasteiger partial charge in [-0.2, -0.15) is 0 Å². The van der Waals surface area contributed by atoms with Crippen LogP contribution in [0.3, 0.4) is 0 Å². The molecule has 0 amide bonds. The van der Waals surface area contributed by atoms with Crippen molar-refractivity contribution in [2.75, 3.05) is 7.05 Å². The molecule has 0 N–H and O–H groups in total. The monoisotopic (exact) mass is 383 g/mol. The Labute approximate surface area is 166 Å². The zero-order valence-corrected chi connectivity index (χ0v) is 16.4. The zero-order chi connectivity index (χ0) is 18.8. The average Bonchev–Trinajstić information content (AvgIpc) is 2.89. The van der Waals surface area contributed by atoms with Crippen molar-refractivity contribution in [1.29, 1.82) is 0 Å². The van der Waals surface area contributed by atoms with Crippen LogP contribution in [-0.2, 0) is 16.0 Å². The Morgan fingerprint density at radius 3 is 2.33 bits per heavy atom. The van der Waals surface area contributed by atoms with E-state index in [1.165, 1.54) is 12.8 Å². The number of rotatable bonds is 5. The maximum absolute atomic E-state index is 13.1. The smallest absolute Gasteiger partial charge is 0.314 e. The van der Waals surface area contributed by atoms with Gasteiger partial charge in [0.25, 0.3) is 0 Å². The van der Waals surface area contributed by atoms with Crippen LogP contribution in [0.4, 0.5) is 0 Å². The molecule has 2 bridgehead atoms. The Morgan fingerprint density at radius 1 is 1.07 bits per heavy atom. The summed E-state index contributed by atoms with van der Waals surface area (Å²) in [6.07, 6.45) is 5.04. The first kappa shape index (κ1) is 18.5. The lowest BCUT2D eigenvalue weighted by Gasteiger charge is -2.36. The quantitative estimate of drug-likeness (QED) is 0.692. The molecule has 142 valence electrons. The van der Waals surface area contributed by atoms with Crippen LogP contribution < -0.4 is 0 Å². The number of esters is 1. The van der Waals surface area contributed by atoms with Crippen LogP contribution in [0.15, 0.2) is 54.6 Å². The fourth-order valence-corrected chi connectivity index (χ4v) is 4.71. The van der Waals surface area contributed by atoms with Crippen molar-refractivity contribution in [2.45, 2.75) is 56.2 Å². The van der Waals surface area contributed by atoms with E-state index in [0.717, 1.165) is 24.0 Å². The molecule has 0 aromatic heterocycles. The second kappa shape index (κ2) is 8.04. The molecule has 4 rings (SSSR count). The maximum atomic E-state index is 13.1. The number of halogens is 1. The van der Waals surface area contributed by atoms with E-state index >= 15 is 0 Å². The van der Waals surface area contributed by atoms with Gasteiger partial charge in [-0.05, 0) is 62.4 Å². The highest BCUT2D eigenvalue weighted by Gasteiger charge is 2.40. The molecule has 3 atom stereocenters. The van der Waals surface area contributed by atoms with Gasteiger partial charge in [0.05, 0.1) is 5.92 Å². The number of nitrogens with zero attached hydrogens (tertiary/aromatic N) is 1. The third kappa shape index (κ3) is 4.20. The van der Waals surface area contributed by atoms with Gasteiger partial charge in [0, 0.05) is 17.1 Å². The molecule has 2 heterocycles. The normalized spacial score (nSPS) is 25.9. The van der Waals surface area contributed by atoms with Crippen molar-refractivity contribution in [3.63, 3.8) is 0 Å². The van der Waals surface area contributed by atoms with Crippen LogP contribution in [0.25, 0.3) is 0 Å². The van der Waals surface area contributed by atoms with Gasteiger partial charge in [0.1, 0.15) is 6.10 Å². The van der Waals surface area contributed by atoms with E-state index in [-0.39, 0.29) is 18.0 Å². The average molecular weight is 384 g/mol. The third-order valence-corrected chi connectivity index (χ3v) is 6.43. The van der Waals surface area contributed by atoms with Gasteiger partial charge in [-0.15, -0.1) is 0 Å². The Balaban J connectivity index is 1.49. The minimum atomic E-state index is -0.287. The third-order valence-electron chi connectivity index (χ3n) is 6.18. The lowest BCUT2D eigenvalue weighted by molar-refractivity contribution is -0.154. The van der Waals surface area contributed by atoms with Crippen molar-refractivity contribution >= 4 is 17.6 Å². The topological polar surface area (TPSA) is 29.5 Å². The van der Waals surface area contributed by atoms with Gasteiger partial charge in [-0.3, -0.25) is 4.79 Å². The highest BCUT2D eigenvalue weighted by molar-refractivity contribution is 6.30. The van der Waals surface area contributed by atoms with Gasteiger partial charge in [-0.25, -0.2) is 0 Å². The summed E-state index contributed by atoms with van der Waals surface area (Å²) in [6.45, 7) is 0. The van der Waals surface area contributed by atoms with Gasteiger partial charge in [-0.1, -0.05) is 54.1 Å². The van der Waals surface area contributed by atoms with E-state index in [9.17, 15) is 4.79 Å². The van der Waals surface area contributed by atoms with Gasteiger partial charge < -0.3 is 9.64 Å². The Morgan fingerprint density at radius 2 is 1.70 bits per heavy atom. The summed E-state index contributed by atoms with van der Waals surface area (Å²) in [5.74, 6) is -0.394. The molecule has 3 nitrogen and oxygen atoms in total. The predicted molar refractivity (Wildman–Crippen MR) is 108 cm³/mol. The number of piperidine rings is 1. The fourth-order valence-electron chi connectivity index (χ4n) is 4.58. The van der Waals surface area contributed by atoms with Crippen molar-refractivity contribution in [1.82, 2.24) is 4.90 Å². The molecular weight excluding hydrogens is 358 g/mol. The summed E-state index contributed by atoms with van der Waals surface area (Å²) in [5.41, 5.74) is 2.10. The summed E-state index contributed by atoms with van der Waals surface area (Å²) in [4.78, 5) is 15.6. The second-order valence-electron chi connectivity index (χ2n) is 7.87. The Bertz CT molecular complexity index is 763. The number of hydrogen-bond acceptors (Lipinski definition) is 3. The fraction of sp³-hybridized carbons (Fsp3) is 0.435. The van der Waals surface area contributed by atoms with Crippen LogP contribution in [-0.4, -0.2) is 36.1 Å². The molecule has 0 aliphatic carbocycles. The highest BCUT2D eigenvalue weighted by atomic mass is 35.5. The van der Waals surface area contributed by atoms with E-state index in [4.69, 9.17) is 16.3 Å². The lowest BCUT2D eigenvalue weighted by atomic mass is 9.91. The molecule has 27 heavy (non-hydrogen) atoms. The van der Waals surface area contributed by atoms with E-state index in [0.29, 0.717) is 23.5 Å². The van der Waals surface area contributed by atoms with Gasteiger partial charge in [0.2, 0.25) is 0 Å². The predicted octanol–water partition coefficient (Wildman–Crippen LogP) is 4.83. The molecule has 2 aromatic rings. The van der Waals surface area contributed by atoms with Crippen LogP contribution in [0.1, 0.15) is 42.7 Å². The molecular formula is C23H26ClNO2. The van der Waals surface area contributed by atoms with Crippen molar-refractivity contribution in [3.8, 4) is 0 Å². The van der Waals surface area contributed by atoms with Crippen molar-refractivity contribution < 1.29 is 9.53 Å². The van der Waals surface area contributed by atoms with E-state index in [1.807, 2.05) is 54.6 Å². The minimum Gasteiger partial charge on any atom is -0.462 e. The van der Waals surface area contributed by atoms with Gasteiger partial charge >= 0.3 is 5.97 Å². The summed E-state index contributed by atoms with van der Waals surface area (Å²) in [5, 5.41) is 0.708. The summed E-state index contributed by atoms with van der Waals surface area (Å²) < 4.78 is 6.04. The number of hydrogen-bond donors (Lipinski definition) is 0. The standard InChI is InChI=1S/C23H26ClNO2/c1-25-19-11-12-20(25)15-21(14-19)27-23(26)22(17-5-3-2-4-6-17)13-16-7-9-18(24)10-8-16/h2-10,19-22H,11-15H2,1H3. The Kier molecular flexibility index (Phi) is 5.51. The number of benzene rings is 2. The van der Waals surface area contributed by atoms with E-state index in [2.05, 4.69) is 11.9 Å². The number of carbonyl (C=O) groups is 1. The summed E-state index contributed by atoms with van der Waals surface area (Å²) in [6, 6.07) is 18.8. The van der Waals surface area contributed by atoms with Crippen LogP contribution in [0, 0.1) is 0 Å². The molecule has 2 saturated heterocycles. The molecule has 2 aromatic carbocycles. The molecule has 0 radical (unpaired) electrons. The zero-order valence-electron chi connectivity index (χ0n) is 15.7. The molecule has 2 aliphatic rings. The number of fused-ring (bicyclic) bond motifs is 2. The summed E-state index contributed by atoms with van der Waals surface area (Å²) in [7, 11) is 2.20. The highest BCUT2D eigenvalue weighted by Crippen LogP contribution is 2.36. The maximum Gasteiger partial charge on any atom is 0.314 e. The first-order valence-corrected chi connectivity index (χ1v) is 10.2. The largest absolute Gasteiger partial charge is 0.462 e. The number of carbonyl (C=O) groups excluding carboxylic acids is 1. The van der Waals surface area contributed by atoms with Gasteiger partial charge in [0.15, 0.2) is 0 Å². The molecule has 4 heteroatoms. The molecule has 0 saturated carbocycles. The second-order valence-corrected chi connectivity index (χ2v) is 8.31. The van der Waals surface area contributed by atoms with E-state index in [1.54, 1.807) is 0 Å². The van der Waals surface area contributed by atoms with Crippen LogP contribution in [0.5, 0.6) is 0 Å². The van der Waals surface area contributed by atoms with Crippen LogP contribution >= 0.6 is 11.6 Å². The molecule has 2 fully saturated rings. The lowest BCUT2D eigenvalue weighted by Crippen LogP contribution is -2.43. The molecule has 2 aliphatic heterocycles. The SMILES string of the molecule is CN1C2CCC1CC(OC(=O)C(Cc1ccc(Cl)cc1)c1ccccc1)C2. The van der Waals surface area contributed by atoms with E-state index < -0.39 is 0 Å². The number of ether oxygens (including phenoxy) is 1. The first-order valence-electron chi connectivity index (χ1n) is 9.82. The van der Waals surface area contributed by atoms with Crippen molar-refractivity contribution in [2.24, 2.45) is 0 Å². The first-order chi connectivity index (χ1) is 13.1. The molecule has 3 unspecified atom stereocenters. The van der Waals surface area contributed by atoms with Crippen molar-refractivity contribution in [3.05, 3.63) is 70.7 Å². The Hall–Kier alpha value is -1.84.